The summed E-state index contributed by atoms with van der Waals surface area (Å²) in [4.78, 5) is 0.285. The van der Waals surface area contributed by atoms with E-state index in [1.807, 2.05) is 6.92 Å². The molecule has 2 aromatic rings. The van der Waals surface area contributed by atoms with E-state index in [1.54, 1.807) is 36.4 Å². The summed E-state index contributed by atoms with van der Waals surface area (Å²) in [7, 11) is -3.23. The third-order valence-corrected chi connectivity index (χ3v) is 4.83. The summed E-state index contributed by atoms with van der Waals surface area (Å²) in [5.74, 6) is 0. The van der Waals surface area contributed by atoms with Crippen LogP contribution in [0.3, 0.4) is 0 Å². The molecule has 3 nitrogen and oxygen atoms in total. The second-order valence-electron chi connectivity index (χ2n) is 4.84. The molecule has 0 spiro atoms. The Hall–Kier alpha value is -1.23. The molecule has 0 unspecified atom stereocenters. The molecule has 0 aliphatic rings. The molecule has 0 amide bonds. The summed E-state index contributed by atoms with van der Waals surface area (Å²) in [6, 6.07) is 10.2. The molecule has 1 N–H and O–H groups in total. The molecule has 112 valence electrons. The van der Waals surface area contributed by atoms with Crippen molar-refractivity contribution < 1.29 is 8.42 Å². The third kappa shape index (κ3) is 4.13. The maximum atomic E-state index is 11.6. The SMILES string of the molecule is Cc1ccc(S(C)(=O)=O)cc1NCc1cc(Cl)ccc1Cl. The zero-order valence-corrected chi connectivity index (χ0v) is 14.0. The molecule has 2 aromatic carbocycles. The van der Waals surface area contributed by atoms with Gasteiger partial charge in [0, 0.05) is 28.5 Å². The van der Waals surface area contributed by atoms with E-state index < -0.39 is 9.84 Å². The second kappa shape index (κ2) is 6.26. The Morgan fingerprint density at radius 3 is 2.48 bits per heavy atom. The highest BCUT2D eigenvalue weighted by atomic mass is 35.5. The van der Waals surface area contributed by atoms with E-state index in [2.05, 4.69) is 5.32 Å². The van der Waals surface area contributed by atoms with Gasteiger partial charge in [-0.3, -0.25) is 0 Å². The minimum atomic E-state index is -3.23. The lowest BCUT2D eigenvalue weighted by molar-refractivity contribution is 0.602. The molecular formula is C15H15Cl2NO2S. The summed E-state index contributed by atoms with van der Waals surface area (Å²) in [5, 5.41) is 4.43. The number of nitrogens with one attached hydrogen (secondary N) is 1. The van der Waals surface area contributed by atoms with Gasteiger partial charge in [0.1, 0.15) is 0 Å². The number of hydrogen-bond acceptors (Lipinski definition) is 3. The molecule has 2 rings (SSSR count). The fourth-order valence-electron chi connectivity index (χ4n) is 1.89. The summed E-state index contributed by atoms with van der Waals surface area (Å²) in [5.41, 5.74) is 2.57. The van der Waals surface area contributed by atoms with Crippen molar-refractivity contribution in [3.05, 3.63) is 57.6 Å². The fraction of sp³-hybridized carbons (Fsp3) is 0.200. The lowest BCUT2D eigenvalue weighted by Gasteiger charge is -2.12. The summed E-state index contributed by atoms with van der Waals surface area (Å²) in [6.07, 6.45) is 1.19. The van der Waals surface area contributed by atoms with E-state index in [-0.39, 0.29) is 4.90 Å². The van der Waals surface area contributed by atoms with Crippen LogP contribution in [0.15, 0.2) is 41.3 Å². The molecule has 0 radical (unpaired) electrons. The van der Waals surface area contributed by atoms with Crippen molar-refractivity contribution in [3.63, 3.8) is 0 Å². The molecular weight excluding hydrogens is 329 g/mol. The van der Waals surface area contributed by atoms with Gasteiger partial charge in [0.15, 0.2) is 9.84 Å². The number of hydrogen-bond donors (Lipinski definition) is 1. The van der Waals surface area contributed by atoms with E-state index in [1.165, 1.54) is 6.26 Å². The van der Waals surface area contributed by atoms with E-state index in [0.29, 0.717) is 16.6 Å². The lowest BCUT2D eigenvalue weighted by atomic mass is 10.1. The number of halogens is 2. The maximum absolute atomic E-state index is 11.6. The molecule has 0 fully saturated rings. The van der Waals surface area contributed by atoms with E-state index in [4.69, 9.17) is 23.2 Å². The number of aryl methyl sites for hydroxylation is 1. The smallest absolute Gasteiger partial charge is 0.175 e. The topological polar surface area (TPSA) is 46.2 Å². The lowest BCUT2D eigenvalue weighted by Crippen LogP contribution is -2.04. The Labute approximate surface area is 134 Å². The highest BCUT2D eigenvalue weighted by Gasteiger charge is 2.10. The first kappa shape index (κ1) is 16.1. The minimum Gasteiger partial charge on any atom is -0.381 e. The molecule has 21 heavy (non-hydrogen) atoms. The third-order valence-electron chi connectivity index (χ3n) is 3.11. The van der Waals surface area contributed by atoms with Crippen LogP contribution in [0.1, 0.15) is 11.1 Å². The molecule has 0 atom stereocenters. The van der Waals surface area contributed by atoms with Gasteiger partial charge < -0.3 is 5.32 Å². The van der Waals surface area contributed by atoms with Crippen LogP contribution in [0.4, 0.5) is 5.69 Å². The second-order valence-corrected chi connectivity index (χ2v) is 7.70. The zero-order valence-electron chi connectivity index (χ0n) is 11.7. The van der Waals surface area contributed by atoms with Gasteiger partial charge in [0.2, 0.25) is 0 Å². The minimum absolute atomic E-state index is 0.285. The first-order valence-corrected chi connectivity index (χ1v) is 8.90. The van der Waals surface area contributed by atoms with Crippen LogP contribution in [0.2, 0.25) is 10.0 Å². The van der Waals surface area contributed by atoms with Crippen LogP contribution >= 0.6 is 23.2 Å². The van der Waals surface area contributed by atoms with Gasteiger partial charge in [0.05, 0.1) is 4.90 Å². The number of sulfone groups is 1. The Balaban J connectivity index is 2.26. The van der Waals surface area contributed by atoms with Crippen molar-refractivity contribution in [3.8, 4) is 0 Å². The van der Waals surface area contributed by atoms with Gasteiger partial charge in [-0.2, -0.15) is 0 Å². The highest BCUT2D eigenvalue weighted by molar-refractivity contribution is 7.90. The fourth-order valence-corrected chi connectivity index (χ4v) is 2.92. The van der Waals surface area contributed by atoms with Crippen LogP contribution in [-0.4, -0.2) is 14.7 Å². The number of rotatable bonds is 4. The monoisotopic (exact) mass is 343 g/mol. The molecule has 0 bridgehead atoms. The van der Waals surface area contributed by atoms with Gasteiger partial charge in [-0.25, -0.2) is 8.42 Å². The van der Waals surface area contributed by atoms with Crippen LogP contribution in [0.5, 0.6) is 0 Å². The summed E-state index contributed by atoms with van der Waals surface area (Å²) >= 11 is 12.1. The van der Waals surface area contributed by atoms with Gasteiger partial charge >= 0.3 is 0 Å². The summed E-state index contributed by atoms with van der Waals surface area (Å²) in [6.45, 7) is 2.38. The predicted octanol–water partition coefficient (Wildman–Crippen LogP) is 4.32. The number of benzene rings is 2. The van der Waals surface area contributed by atoms with Crippen molar-refractivity contribution >= 4 is 38.7 Å². The van der Waals surface area contributed by atoms with Crippen molar-refractivity contribution in [1.29, 1.82) is 0 Å². The van der Waals surface area contributed by atoms with Crippen molar-refractivity contribution in [2.24, 2.45) is 0 Å². The quantitative estimate of drug-likeness (QED) is 0.899. The molecule has 0 aliphatic heterocycles. The normalized spacial score (nSPS) is 11.4. The van der Waals surface area contributed by atoms with Crippen LogP contribution in [0.25, 0.3) is 0 Å². The largest absolute Gasteiger partial charge is 0.381 e. The van der Waals surface area contributed by atoms with Crippen LogP contribution < -0.4 is 5.32 Å². The van der Waals surface area contributed by atoms with Crippen molar-refractivity contribution in [2.45, 2.75) is 18.4 Å². The molecule has 0 saturated carbocycles. The van der Waals surface area contributed by atoms with Gasteiger partial charge in [-0.15, -0.1) is 0 Å². The highest BCUT2D eigenvalue weighted by Crippen LogP contribution is 2.24. The first-order valence-electron chi connectivity index (χ1n) is 6.26. The standard InChI is InChI=1S/C15H15Cl2NO2S/c1-10-3-5-13(21(2,19)20)8-15(10)18-9-11-7-12(16)4-6-14(11)17/h3-8,18H,9H2,1-2H3. The Bertz CT molecular complexity index is 773. The molecule has 0 aromatic heterocycles. The van der Waals surface area contributed by atoms with Gasteiger partial charge in [-0.1, -0.05) is 29.3 Å². The van der Waals surface area contributed by atoms with E-state index in [0.717, 1.165) is 16.8 Å². The van der Waals surface area contributed by atoms with E-state index >= 15 is 0 Å². The van der Waals surface area contributed by atoms with Gasteiger partial charge in [-0.05, 0) is 48.4 Å². The first-order chi connectivity index (χ1) is 9.77. The van der Waals surface area contributed by atoms with Crippen molar-refractivity contribution in [2.75, 3.05) is 11.6 Å². The average molecular weight is 344 g/mol. The summed E-state index contributed by atoms with van der Waals surface area (Å²) < 4.78 is 23.2. The Morgan fingerprint density at radius 2 is 1.81 bits per heavy atom. The Kier molecular flexibility index (Phi) is 4.81. The maximum Gasteiger partial charge on any atom is 0.175 e. The molecule has 0 heterocycles. The molecule has 0 aliphatic carbocycles. The van der Waals surface area contributed by atoms with Crippen LogP contribution in [-0.2, 0) is 16.4 Å². The van der Waals surface area contributed by atoms with Gasteiger partial charge in [0.25, 0.3) is 0 Å². The van der Waals surface area contributed by atoms with E-state index in [9.17, 15) is 8.42 Å². The van der Waals surface area contributed by atoms with Crippen molar-refractivity contribution in [1.82, 2.24) is 0 Å². The molecule has 6 heteroatoms. The molecule has 0 saturated heterocycles. The average Bonchev–Trinajstić information content (AvgIpc) is 2.40. The zero-order chi connectivity index (χ0) is 15.6. The Morgan fingerprint density at radius 1 is 1.10 bits per heavy atom. The van der Waals surface area contributed by atoms with Crippen LogP contribution in [0, 0.1) is 6.92 Å². The number of anilines is 1. The predicted molar refractivity (Wildman–Crippen MR) is 88.1 cm³/mol.